The molecule has 3 unspecified atom stereocenters. The van der Waals surface area contributed by atoms with Crippen molar-refractivity contribution in [3.8, 4) is 0 Å². The molecule has 0 bridgehead atoms. The van der Waals surface area contributed by atoms with Gasteiger partial charge in [0.15, 0.2) is 0 Å². The van der Waals surface area contributed by atoms with E-state index in [2.05, 4.69) is 49.9 Å². The summed E-state index contributed by atoms with van der Waals surface area (Å²) in [4.78, 5) is 2.93. The van der Waals surface area contributed by atoms with E-state index in [0.29, 0.717) is 16.9 Å². The molecule has 0 amide bonds. The lowest BCUT2D eigenvalue weighted by Crippen LogP contribution is -2.67. The van der Waals surface area contributed by atoms with Crippen molar-refractivity contribution in [3.05, 3.63) is 35.4 Å². The Bertz CT molecular complexity index is 635. The highest BCUT2D eigenvalue weighted by Gasteiger charge is 2.62. The Labute approximate surface area is 167 Å². The number of hydrogen-bond donors (Lipinski definition) is 0. The van der Waals surface area contributed by atoms with Crippen molar-refractivity contribution in [2.75, 3.05) is 6.54 Å². The van der Waals surface area contributed by atoms with E-state index >= 15 is 0 Å². The van der Waals surface area contributed by atoms with E-state index in [4.69, 9.17) is 0 Å². The van der Waals surface area contributed by atoms with Crippen LogP contribution >= 0.6 is 0 Å². The van der Waals surface area contributed by atoms with Crippen LogP contribution in [0.5, 0.6) is 0 Å². The molecule has 150 valence electrons. The quantitative estimate of drug-likeness (QED) is 0.495. The third-order valence-corrected chi connectivity index (χ3v) is 8.63. The van der Waals surface area contributed by atoms with Gasteiger partial charge >= 0.3 is 0 Å². The zero-order chi connectivity index (χ0) is 18.9. The smallest absolute Gasteiger partial charge is 0.0163 e. The molecule has 4 rings (SSSR count). The van der Waals surface area contributed by atoms with Crippen LogP contribution < -0.4 is 0 Å². The van der Waals surface area contributed by atoms with Crippen LogP contribution in [0.2, 0.25) is 0 Å². The Morgan fingerprint density at radius 2 is 1.81 bits per heavy atom. The predicted molar refractivity (Wildman–Crippen MR) is 116 cm³/mol. The van der Waals surface area contributed by atoms with Crippen molar-refractivity contribution >= 4 is 0 Å². The zero-order valence-electron chi connectivity index (χ0n) is 18.1. The highest BCUT2D eigenvalue weighted by molar-refractivity contribution is 5.42. The molecule has 1 saturated heterocycles. The number of aryl methyl sites for hydroxylation is 1. The maximum absolute atomic E-state index is 2.93. The molecule has 3 atom stereocenters. The molecule has 0 radical (unpaired) electrons. The molecule has 0 aromatic heterocycles. The van der Waals surface area contributed by atoms with Crippen molar-refractivity contribution in [2.24, 2.45) is 5.41 Å². The van der Waals surface area contributed by atoms with Crippen LogP contribution in [0.15, 0.2) is 24.3 Å². The molecule has 1 heteroatoms. The summed E-state index contributed by atoms with van der Waals surface area (Å²) in [7, 11) is 0. The number of benzene rings is 1. The number of unbranched alkanes of at least 4 members (excludes halogenated alkanes) is 3. The molecule has 1 aromatic rings. The molecular formula is C26H41N. The lowest BCUT2D eigenvalue weighted by Gasteiger charge is -2.67. The molecule has 3 aliphatic rings. The van der Waals surface area contributed by atoms with Crippen LogP contribution in [0.25, 0.3) is 0 Å². The summed E-state index contributed by atoms with van der Waals surface area (Å²) >= 11 is 0. The second kappa shape index (κ2) is 7.90. The van der Waals surface area contributed by atoms with Gasteiger partial charge in [-0.2, -0.15) is 0 Å². The number of fused-ring (bicyclic) bond motifs is 1. The molecule has 2 fully saturated rings. The van der Waals surface area contributed by atoms with Crippen LogP contribution in [0.3, 0.4) is 0 Å². The predicted octanol–water partition coefficient (Wildman–Crippen LogP) is 6.88. The van der Waals surface area contributed by atoms with E-state index in [9.17, 15) is 0 Å². The van der Waals surface area contributed by atoms with Crippen LogP contribution in [0, 0.1) is 5.41 Å². The van der Waals surface area contributed by atoms with Gasteiger partial charge in [-0.1, -0.05) is 69.7 Å². The summed E-state index contributed by atoms with van der Waals surface area (Å²) < 4.78 is 0. The minimum absolute atomic E-state index is 0.473. The summed E-state index contributed by atoms with van der Waals surface area (Å²) in [6.07, 6.45) is 17.0. The molecular weight excluding hydrogens is 326 g/mol. The van der Waals surface area contributed by atoms with E-state index < -0.39 is 0 Å². The standard InChI is InChI=1S/C26H41N/c1-4-5-6-7-14-24-26-17-11-10-16-25(26,19-20-27(24)21(2)3)23-13-9-8-12-22(23)15-18-26/h8-9,12-13,21,24H,4-7,10-11,14-20H2,1-3H3. The second-order valence-corrected chi connectivity index (χ2v) is 10.0. The molecule has 1 aromatic carbocycles. The first kappa shape index (κ1) is 19.5. The topological polar surface area (TPSA) is 3.24 Å². The lowest BCUT2D eigenvalue weighted by molar-refractivity contribution is -0.110. The van der Waals surface area contributed by atoms with E-state index in [1.807, 2.05) is 0 Å². The van der Waals surface area contributed by atoms with E-state index in [1.165, 1.54) is 83.6 Å². The number of rotatable bonds is 6. The second-order valence-electron chi connectivity index (χ2n) is 10.0. The van der Waals surface area contributed by atoms with Gasteiger partial charge in [0.1, 0.15) is 0 Å². The van der Waals surface area contributed by atoms with Gasteiger partial charge in [-0.3, -0.25) is 4.90 Å². The van der Waals surface area contributed by atoms with Gasteiger partial charge in [0.2, 0.25) is 0 Å². The Kier molecular flexibility index (Phi) is 5.70. The fraction of sp³-hybridized carbons (Fsp3) is 0.769. The average Bonchev–Trinajstić information content (AvgIpc) is 2.70. The fourth-order valence-corrected chi connectivity index (χ4v) is 7.46. The van der Waals surface area contributed by atoms with E-state index in [1.54, 1.807) is 11.1 Å². The summed E-state index contributed by atoms with van der Waals surface area (Å²) in [5.74, 6) is 0. The third-order valence-electron chi connectivity index (χ3n) is 8.63. The van der Waals surface area contributed by atoms with Crippen LogP contribution in [0.1, 0.15) is 103 Å². The Hall–Kier alpha value is -0.820. The van der Waals surface area contributed by atoms with Gasteiger partial charge in [-0.25, -0.2) is 0 Å². The van der Waals surface area contributed by atoms with Crippen molar-refractivity contribution in [2.45, 2.75) is 115 Å². The summed E-state index contributed by atoms with van der Waals surface area (Å²) in [6.45, 7) is 8.54. The van der Waals surface area contributed by atoms with Gasteiger partial charge in [0.25, 0.3) is 0 Å². The summed E-state index contributed by atoms with van der Waals surface area (Å²) in [5, 5.41) is 0. The molecule has 1 heterocycles. The summed E-state index contributed by atoms with van der Waals surface area (Å²) in [5.41, 5.74) is 4.45. The van der Waals surface area contributed by atoms with Gasteiger partial charge < -0.3 is 0 Å². The van der Waals surface area contributed by atoms with Crippen molar-refractivity contribution in [1.82, 2.24) is 4.90 Å². The highest BCUT2D eigenvalue weighted by atomic mass is 15.2. The normalized spacial score (nSPS) is 33.4. The molecule has 1 nitrogen and oxygen atoms in total. The van der Waals surface area contributed by atoms with Crippen LogP contribution in [-0.4, -0.2) is 23.5 Å². The maximum atomic E-state index is 2.93. The molecule has 2 aliphatic carbocycles. The number of nitrogens with zero attached hydrogens (tertiary/aromatic N) is 1. The third kappa shape index (κ3) is 3.09. The minimum atomic E-state index is 0.473. The van der Waals surface area contributed by atoms with Crippen molar-refractivity contribution < 1.29 is 0 Å². The number of likely N-dealkylation sites (tertiary alicyclic amines) is 1. The van der Waals surface area contributed by atoms with Gasteiger partial charge in [-0.15, -0.1) is 0 Å². The number of piperidine rings is 1. The first-order valence-corrected chi connectivity index (χ1v) is 12.0. The molecule has 1 saturated carbocycles. The maximum Gasteiger partial charge on any atom is 0.0163 e. The largest absolute Gasteiger partial charge is 0.297 e. The van der Waals surface area contributed by atoms with Crippen molar-refractivity contribution in [3.63, 3.8) is 0 Å². The SMILES string of the molecule is CCCCCCC1N(C(C)C)CCC23CCCCC12CCc1ccccc13. The van der Waals surface area contributed by atoms with Crippen molar-refractivity contribution in [1.29, 1.82) is 0 Å². The van der Waals surface area contributed by atoms with Crippen LogP contribution in [0.4, 0.5) is 0 Å². The molecule has 1 aliphatic heterocycles. The average molecular weight is 368 g/mol. The zero-order valence-corrected chi connectivity index (χ0v) is 18.1. The molecule has 0 spiro atoms. The number of hydrogen-bond acceptors (Lipinski definition) is 1. The highest BCUT2D eigenvalue weighted by Crippen LogP contribution is 2.65. The lowest BCUT2D eigenvalue weighted by atomic mass is 9.43. The molecule has 27 heavy (non-hydrogen) atoms. The van der Waals surface area contributed by atoms with E-state index in [-0.39, 0.29) is 0 Å². The molecule has 0 N–H and O–H groups in total. The Morgan fingerprint density at radius 3 is 2.63 bits per heavy atom. The Morgan fingerprint density at radius 1 is 1.00 bits per heavy atom. The minimum Gasteiger partial charge on any atom is -0.297 e. The van der Waals surface area contributed by atoms with Crippen LogP contribution in [-0.2, 0) is 11.8 Å². The Balaban J connectivity index is 1.74. The first-order chi connectivity index (χ1) is 13.1. The summed E-state index contributed by atoms with van der Waals surface area (Å²) in [6, 6.07) is 11.0. The first-order valence-electron chi connectivity index (χ1n) is 12.0. The van der Waals surface area contributed by atoms with Gasteiger partial charge in [-0.05, 0) is 75.5 Å². The monoisotopic (exact) mass is 367 g/mol. The fourth-order valence-electron chi connectivity index (χ4n) is 7.46. The van der Waals surface area contributed by atoms with Gasteiger partial charge in [0, 0.05) is 17.5 Å². The van der Waals surface area contributed by atoms with Gasteiger partial charge in [0.05, 0.1) is 0 Å². The van der Waals surface area contributed by atoms with E-state index in [0.717, 1.165) is 6.04 Å².